The van der Waals surface area contributed by atoms with Gasteiger partial charge in [0.15, 0.2) is 0 Å². The van der Waals surface area contributed by atoms with Gasteiger partial charge < -0.3 is 9.73 Å². The Morgan fingerprint density at radius 2 is 2.10 bits per heavy atom. The molecule has 0 amide bonds. The van der Waals surface area contributed by atoms with Crippen LogP contribution in [0, 0.1) is 0 Å². The van der Waals surface area contributed by atoms with E-state index >= 15 is 0 Å². The van der Waals surface area contributed by atoms with Gasteiger partial charge in [0.1, 0.15) is 5.76 Å². The lowest BCUT2D eigenvalue weighted by Gasteiger charge is -2.23. The van der Waals surface area contributed by atoms with Crippen LogP contribution in [0.2, 0.25) is 0 Å². The van der Waals surface area contributed by atoms with Gasteiger partial charge in [-0.05, 0) is 49.2 Å². The molecule has 1 unspecified atom stereocenters. The van der Waals surface area contributed by atoms with E-state index in [2.05, 4.69) is 40.7 Å². The number of hydrogen-bond donors (Lipinski definition) is 1. The van der Waals surface area contributed by atoms with Crippen molar-refractivity contribution in [1.29, 1.82) is 0 Å². The van der Waals surface area contributed by atoms with Gasteiger partial charge in [-0.2, -0.15) is 5.10 Å². The number of nitrogens with zero attached hydrogens (tertiary/aromatic N) is 2. The maximum atomic E-state index is 5.54. The Labute approximate surface area is 123 Å². The van der Waals surface area contributed by atoms with E-state index in [1.807, 2.05) is 16.9 Å². The predicted molar refractivity (Wildman–Crippen MR) is 81.6 cm³/mol. The maximum Gasteiger partial charge on any atom is 0.109 e. The fourth-order valence-electron chi connectivity index (χ4n) is 2.97. The molecule has 1 aromatic carbocycles. The molecule has 1 aliphatic rings. The van der Waals surface area contributed by atoms with Crippen LogP contribution in [0.15, 0.2) is 59.5 Å². The quantitative estimate of drug-likeness (QED) is 0.789. The van der Waals surface area contributed by atoms with E-state index in [4.69, 9.17) is 4.42 Å². The molecular formula is C17H17N3O. The van der Waals surface area contributed by atoms with Gasteiger partial charge in [0, 0.05) is 30.1 Å². The van der Waals surface area contributed by atoms with Gasteiger partial charge >= 0.3 is 0 Å². The first-order valence-corrected chi connectivity index (χ1v) is 7.33. The lowest BCUT2D eigenvalue weighted by Crippen LogP contribution is -2.15. The van der Waals surface area contributed by atoms with Crippen LogP contribution in [0.5, 0.6) is 0 Å². The summed E-state index contributed by atoms with van der Waals surface area (Å²) in [5.74, 6) is 1.13. The number of anilines is 1. The van der Waals surface area contributed by atoms with Crippen molar-refractivity contribution in [2.45, 2.75) is 25.3 Å². The molecule has 3 aromatic rings. The second-order valence-electron chi connectivity index (χ2n) is 5.39. The predicted octanol–water partition coefficient (Wildman–Crippen LogP) is 3.95. The van der Waals surface area contributed by atoms with Crippen LogP contribution in [-0.2, 0) is 6.42 Å². The molecule has 0 bridgehead atoms. The highest BCUT2D eigenvalue weighted by Crippen LogP contribution is 2.33. The summed E-state index contributed by atoms with van der Waals surface area (Å²) in [5.41, 5.74) is 3.50. The molecule has 21 heavy (non-hydrogen) atoms. The van der Waals surface area contributed by atoms with Crippen LogP contribution in [0.4, 0.5) is 5.69 Å². The molecule has 4 nitrogen and oxygen atoms in total. The lowest BCUT2D eigenvalue weighted by molar-refractivity contribution is 0.461. The summed E-state index contributed by atoms with van der Waals surface area (Å²) >= 11 is 0. The van der Waals surface area contributed by atoms with E-state index in [1.54, 1.807) is 12.5 Å². The number of hydrogen-bond acceptors (Lipinski definition) is 3. The molecule has 106 valence electrons. The molecule has 0 spiro atoms. The Balaban J connectivity index is 1.54. The molecule has 0 fully saturated rings. The zero-order valence-electron chi connectivity index (χ0n) is 11.7. The third-order valence-corrected chi connectivity index (χ3v) is 4.03. The molecule has 2 heterocycles. The topological polar surface area (TPSA) is 43.0 Å². The molecular weight excluding hydrogens is 262 g/mol. The number of aromatic nitrogens is 2. The van der Waals surface area contributed by atoms with Crippen molar-refractivity contribution in [3.8, 4) is 5.69 Å². The number of aryl methyl sites for hydroxylation is 1. The zero-order chi connectivity index (χ0) is 14.1. The zero-order valence-corrected chi connectivity index (χ0v) is 11.7. The van der Waals surface area contributed by atoms with Crippen LogP contribution < -0.4 is 5.32 Å². The highest BCUT2D eigenvalue weighted by molar-refractivity contribution is 5.50. The molecule has 0 saturated carbocycles. The summed E-state index contributed by atoms with van der Waals surface area (Å²) in [6, 6.07) is 12.7. The van der Waals surface area contributed by atoms with Crippen molar-refractivity contribution in [2.24, 2.45) is 0 Å². The molecule has 2 aromatic heterocycles. The number of benzene rings is 1. The Hall–Kier alpha value is -2.49. The minimum atomic E-state index is 0.350. The van der Waals surface area contributed by atoms with E-state index in [0.29, 0.717) is 6.04 Å². The summed E-state index contributed by atoms with van der Waals surface area (Å²) < 4.78 is 7.40. The van der Waals surface area contributed by atoms with Gasteiger partial charge in [-0.3, -0.25) is 0 Å². The maximum absolute atomic E-state index is 5.54. The average Bonchev–Trinajstić information content (AvgIpc) is 3.20. The number of rotatable bonds is 3. The highest BCUT2D eigenvalue weighted by atomic mass is 16.3. The van der Waals surface area contributed by atoms with Crippen molar-refractivity contribution in [3.63, 3.8) is 0 Å². The second kappa shape index (κ2) is 5.13. The Morgan fingerprint density at radius 3 is 2.90 bits per heavy atom. The van der Waals surface area contributed by atoms with Crippen molar-refractivity contribution in [3.05, 3.63) is 66.4 Å². The first kappa shape index (κ1) is 12.3. The number of fused-ring (bicyclic) bond motifs is 1. The normalized spacial score (nSPS) is 17.4. The van der Waals surface area contributed by atoms with Crippen LogP contribution in [0.1, 0.15) is 30.2 Å². The summed E-state index contributed by atoms with van der Waals surface area (Å²) in [7, 11) is 0. The Bertz CT molecular complexity index is 713. The first-order chi connectivity index (χ1) is 10.4. The van der Waals surface area contributed by atoms with E-state index in [9.17, 15) is 0 Å². The van der Waals surface area contributed by atoms with Crippen LogP contribution in [0.3, 0.4) is 0 Å². The van der Waals surface area contributed by atoms with Gasteiger partial charge in [0.2, 0.25) is 0 Å². The van der Waals surface area contributed by atoms with E-state index < -0.39 is 0 Å². The largest absolute Gasteiger partial charge is 0.469 e. The number of nitrogens with one attached hydrogen (secondary N) is 1. The van der Waals surface area contributed by atoms with E-state index in [1.165, 1.54) is 12.0 Å². The molecule has 1 N–H and O–H groups in total. The summed E-state index contributed by atoms with van der Waals surface area (Å²) in [4.78, 5) is 0. The number of furan rings is 1. The minimum absolute atomic E-state index is 0.350. The molecule has 0 aliphatic heterocycles. The molecule has 1 aliphatic carbocycles. The third-order valence-electron chi connectivity index (χ3n) is 4.03. The Kier molecular flexibility index (Phi) is 2.99. The van der Waals surface area contributed by atoms with Gasteiger partial charge in [-0.15, -0.1) is 0 Å². The Morgan fingerprint density at radius 1 is 1.19 bits per heavy atom. The summed E-state index contributed by atoms with van der Waals surface area (Å²) in [6.45, 7) is 0. The van der Waals surface area contributed by atoms with E-state index in [0.717, 1.165) is 30.0 Å². The standard InChI is InChI=1S/C17H17N3O/c1-3-16(15-9-12-21-17(15)4-1)19-13-5-7-14(8-6-13)20-11-2-10-18-20/h2,5-12,16,19H,1,3-4H2. The lowest BCUT2D eigenvalue weighted by atomic mass is 9.93. The fourth-order valence-corrected chi connectivity index (χ4v) is 2.97. The van der Waals surface area contributed by atoms with Gasteiger partial charge in [0.05, 0.1) is 18.0 Å². The van der Waals surface area contributed by atoms with Gasteiger partial charge in [0.25, 0.3) is 0 Å². The first-order valence-electron chi connectivity index (χ1n) is 7.33. The van der Waals surface area contributed by atoms with Crippen molar-refractivity contribution in [2.75, 3.05) is 5.32 Å². The monoisotopic (exact) mass is 279 g/mol. The van der Waals surface area contributed by atoms with Crippen LogP contribution in [0.25, 0.3) is 5.69 Å². The third kappa shape index (κ3) is 2.33. The highest BCUT2D eigenvalue weighted by Gasteiger charge is 2.22. The summed E-state index contributed by atoms with van der Waals surface area (Å²) in [5, 5.41) is 7.84. The SMILES string of the molecule is c1cnn(-c2ccc(NC3CCCc4occc43)cc2)c1. The molecule has 0 radical (unpaired) electrons. The van der Waals surface area contributed by atoms with Crippen molar-refractivity contribution >= 4 is 5.69 Å². The molecule has 0 saturated heterocycles. The van der Waals surface area contributed by atoms with Crippen molar-refractivity contribution in [1.82, 2.24) is 9.78 Å². The molecule has 4 rings (SSSR count). The smallest absolute Gasteiger partial charge is 0.109 e. The second-order valence-corrected chi connectivity index (χ2v) is 5.39. The van der Waals surface area contributed by atoms with Gasteiger partial charge in [-0.1, -0.05) is 0 Å². The molecule has 4 heteroatoms. The summed E-state index contributed by atoms with van der Waals surface area (Å²) in [6.07, 6.45) is 8.90. The average molecular weight is 279 g/mol. The van der Waals surface area contributed by atoms with Crippen molar-refractivity contribution < 1.29 is 4.42 Å². The van der Waals surface area contributed by atoms with E-state index in [-0.39, 0.29) is 0 Å². The van der Waals surface area contributed by atoms with Crippen LogP contribution in [-0.4, -0.2) is 9.78 Å². The van der Waals surface area contributed by atoms with Crippen LogP contribution >= 0.6 is 0 Å². The fraction of sp³-hybridized carbons (Fsp3) is 0.235. The minimum Gasteiger partial charge on any atom is -0.469 e. The van der Waals surface area contributed by atoms with Gasteiger partial charge in [-0.25, -0.2) is 4.68 Å². The molecule has 1 atom stereocenters.